The average molecular weight is 272 g/mol. The first-order valence-electron chi connectivity index (χ1n) is 6.40. The van der Waals surface area contributed by atoms with Gasteiger partial charge >= 0.3 is 0 Å². The highest BCUT2D eigenvalue weighted by molar-refractivity contribution is 6.31. The van der Waals surface area contributed by atoms with Gasteiger partial charge in [-0.15, -0.1) is 0 Å². The molecule has 1 N–H and O–H groups in total. The summed E-state index contributed by atoms with van der Waals surface area (Å²) in [5.74, 6) is 0.131. The Labute approximate surface area is 112 Å². The minimum Gasteiger partial charge on any atom is -0.381 e. The van der Waals surface area contributed by atoms with E-state index in [-0.39, 0.29) is 16.9 Å². The first kappa shape index (κ1) is 13.8. The SMILES string of the molecule is CNC(Cc1cccc(F)c1Cl)C1CCCOC1. The highest BCUT2D eigenvalue weighted by atomic mass is 35.5. The molecule has 0 aliphatic carbocycles. The third kappa shape index (κ3) is 3.22. The van der Waals surface area contributed by atoms with E-state index < -0.39 is 0 Å². The lowest BCUT2D eigenvalue weighted by Gasteiger charge is -2.30. The number of likely N-dealkylation sites (N-methyl/N-ethyl adjacent to an activating group) is 1. The summed E-state index contributed by atoms with van der Waals surface area (Å²) in [7, 11) is 1.94. The highest BCUT2D eigenvalue weighted by Crippen LogP contribution is 2.25. The van der Waals surface area contributed by atoms with Crippen LogP contribution in [0, 0.1) is 11.7 Å². The molecular weight excluding hydrogens is 253 g/mol. The van der Waals surface area contributed by atoms with Crippen LogP contribution in [-0.2, 0) is 11.2 Å². The largest absolute Gasteiger partial charge is 0.381 e. The number of hydrogen-bond acceptors (Lipinski definition) is 2. The summed E-state index contributed by atoms with van der Waals surface area (Å²) >= 11 is 6.00. The van der Waals surface area contributed by atoms with Gasteiger partial charge < -0.3 is 10.1 Å². The standard InChI is InChI=1S/C14H19ClFNO/c1-17-13(11-5-3-7-18-9-11)8-10-4-2-6-12(16)14(10)15/h2,4,6,11,13,17H,3,5,7-9H2,1H3. The van der Waals surface area contributed by atoms with Gasteiger partial charge in [0.05, 0.1) is 11.6 Å². The summed E-state index contributed by atoms with van der Waals surface area (Å²) in [6.07, 6.45) is 2.99. The molecule has 0 spiro atoms. The minimum absolute atomic E-state index is 0.245. The van der Waals surface area contributed by atoms with Crippen molar-refractivity contribution in [2.45, 2.75) is 25.3 Å². The number of halogens is 2. The molecule has 0 amide bonds. The monoisotopic (exact) mass is 271 g/mol. The third-order valence-corrected chi connectivity index (χ3v) is 4.03. The van der Waals surface area contributed by atoms with E-state index in [9.17, 15) is 4.39 Å². The van der Waals surface area contributed by atoms with E-state index in [2.05, 4.69) is 5.32 Å². The molecule has 1 saturated heterocycles. The van der Waals surface area contributed by atoms with Crippen molar-refractivity contribution in [3.05, 3.63) is 34.6 Å². The Hall–Kier alpha value is -0.640. The molecule has 100 valence electrons. The third-order valence-electron chi connectivity index (χ3n) is 3.61. The fourth-order valence-electron chi connectivity index (χ4n) is 2.53. The van der Waals surface area contributed by atoms with Crippen molar-refractivity contribution < 1.29 is 9.13 Å². The van der Waals surface area contributed by atoms with Crippen LogP contribution in [-0.4, -0.2) is 26.3 Å². The molecule has 1 aromatic rings. The van der Waals surface area contributed by atoms with Gasteiger partial charge in [-0.25, -0.2) is 4.39 Å². The van der Waals surface area contributed by atoms with Crippen molar-refractivity contribution in [1.29, 1.82) is 0 Å². The molecule has 18 heavy (non-hydrogen) atoms. The Bertz CT molecular complexity index is 393. The lowest BCUT2D eigenvalue weighted by atomic mass is 9.89. The second-order valence-electron chi connectivity index (χ2n) is 4.79. The Morgan fingerprint density at radius 1 is 1.56 bits per heavy atom. The van der Waals surface area contributed by atoms with E-state index >= 15 is 0 Å². The van der Waals surface area contributed by atoms with Crippen LogP contribution < -0.4 is 5.32 Å². The lowest BCUT2D eigenvalue weighted by Crippen LogP contribution is -2.39. The van der Waals surface area contributed by atoms with Crippen LogP contribution in [0.15, 0.2) is 18.2 Å². The van der Waals surface area contributed by atoms with Crippen LogP contribution in [0.25, 0.3) is 0 Å². The summed E-state index contributed by atoms with van der Waals surface area (Å²) in [5.41, 5.74) is 0.863. The van der Waals surface area contributed by atoms with Gasteiger partial charge in [-0.2, -0.15) is 0 Å². The van der Waals surface area contributed by atoms with Gasteiger partial charge in [0, 0.05) is 12.6 Å². The zero-order chi connectivity index (χ0) is 13.0. The minimum atomic E-state index is -0.344. The van der Waals surface area contributed by atoms with Crippen LogP contribution in [0.2, 0.25) is 5.02 Å². The Kier molecular flexibility index (Phi) is 4.98. The van der Waals surface area contributed by atoms with Crippen LogP contribution in [0.1, 0.15) is 18.4 Å². The zero-order valence-corrected chi connectivity index (χ0v) is 11.3. The van der Waals surface area contributed by atoms with Gasteiger partial charge in [-0.3, -0.25) is 0 Å². The maximum Gasteiger partial charge on any atom is 0.142 e. The van der Waals surface area contributed by atoms with Gasteiger partial charge in [-0.1, -0.05) is 23.7 Å². The molecule has 1 heterocycles. The molecule has 0 bridgehead atoms. The molecule has 2 nitrogen and oxygen atoms in total. The molecule has 0 radical (unpaired) electrons. The van der Waals surface area contributed by atoms with Crippen LogP contribution in [0.4, 0.5) is 4.39 Å². The first-order chi connectivity index (χ1) is 8.72. The van der Waals surface area contributed by atoms with E-state index in [1.54, 1.807) is 6.07 Å². The summed E-state index contributed by atoms with van der Waals surface area (Å²) in [5, 5.41) is 3.55. The molecule has 1 aromatic carbocycles. The molecule has 1 aliphatic heterocycles. The smallest absolute Gasteiger partial charge is 0.142 e. The highest BCUT2D eigenvalue weighted by Gasteiger charge is 2.24. The van der Waals surface area contributed by atoms with Gasteiger partial charge in [0.15, 0.2) is 0 Å². The maximum absolute atomic E-state index is 13.4. The Balaban J connectivity index is 2.07. The van der Waals surface area contributed by atoms with Gasteiger partial charge in [-0.05, 0) is 43.9 Å². The van der Waals surface area contributed by atoms with Crippen LogP contribution in [0.5, 0.6) is 0 Å². The van der Waals surface area contributed by atoms with Crippen molar-refractivity contribution >= 4 is 11.6 Å². The second kappa shape index (κ2) is 6.50. The summed E-state index contributed by atoms with van der Waals surface area (Å²) in [6.45, 7) is 1.63. The number of ether oxygens (including phenoxy) is 1. The van der Waals surface area contributed by atoms with Crippen molar-refractivity contribution in [3.8, 4) is 0 Å². The van der Waals surface area contributed by atoms with Crippen LogP contribution >= 0.6 is 11.6 Å². The molecule has 0 saturated carbocycles. The van der Waals surface area contributed by atoms with Gasteiger partial charge in [0.2, 0.25) is 0 Å². The number of nitrogens with one attached hydrogen (secondary N) is 1. The summed E-state index contributed by atoms with van der Waals surface area (Å²) < 4.78 is 18.9. The summed E-state index contributed by atoms with van der Waals surface area (Å²) in [6, 6.07) is 5.27. The quantitative estimate of drug-likeness (QED) is 0.909. The van der Waals surface area contributed by atoms with E-state index in [0.717, 1.165) is 38.0 Å². The molecule has 1 aliphatic rings. The lowest BCUT2D eigenvalue weighted by molar-refractivity contribution is 0.0405. The molecule has 2 atom stereocenters. The number of hydrogen-bond donors (Lipinski definition) is 1. The molecule has 2 rings (SSSR count). The Morgan fingerprint density at radius 3 is 3.06 bits per heavy atom. The predicted octanol–water partition coefficient (Wildman–Crippen LogP) is 3.04. The molecule has 1 fully saturated rings. The van der Waals surface area contributed by atoms with E-state index in [4.69, 9.17) is 16.3 Å². The molecule has 4 heteroatoms. The van der Waals surface area contributed by atoms with E-state index in [1.165, 1.54) is 6.07 Å². The van der Waals surface area contributed by atoms with Gasteiger partial charge in [0.25, 0.3) is 0 Å². The normalized spacial score (nSPS) is 21.8. The van der Waals surface area contributed by atoms with Crippen molar-refractivity contribution in [3.63, 3.8) is 0 Å². The predicted molar refractivity (Wildman–Crippen MR) is 71.5 cm³/mol. The zero-order valence-electron chi connectivity index (χ0n) is 10.6. The van der Waals surface area contributed by atoms with Crippen molar-refractivity contribution in [1.82, 2.24) is 5.32 Å². The molecule has 2 unspecified atom stereocenters. The Morgan fingerprint density at radius 2 is 2.39 bits per heavy atom. The van der Waals surface area contributed by atoms with E-state index in [1.807, 2.05) is 13.1 Å². The second-order valence-corrected chi connectivity index (χ2v) is 5.17. The number of rotatable bonds is 4. The fourth-order valence-corrected chi connectivity index (χ4v) is 2.73. The molecule has 0 aromatic heterocycles. The fraction of sp³-hybridized carbons (Fsp3) is 0.571. The van der Waals surface area contributed by atoms with Crippen LogP contribution in [0.3, 0.4) is 0 Å². The number of benzene rings is 1. The summed E-state index contributed by atoms with van der Waals surface area (Å²) in [4.78, 5) is 0. The first-order valence-corrected chi connectivity index (χ1v) is 6.78. The van der Waals surface area contributed by atoms with Crippen molar-refractivity contribution in [2.75, 3.05) is 20.3 Å². The average Bonchev–Trinajstić information content (AvgIpc) is 2.41. The topological polar surface area (TPSA) is 21.3 Å². The van der Waals surface area contributed by atoms with Crippen molar-refractivity contribution in [2.24, 2.45) is 5.92 Å². The molecular formula is C14H19ClFNO. The van der Waals surface area contributed by atoms with Gasteiger partial charge in [0.1, 0.15) is 5.82 Å². The van der Waals surface area contributed by atoms with E-state index in [0.29, 0.717) is 5.92 Å². The maximum atomic E-state index is 13.4.